The quantitative estimate of drug-likeness (QED) is 0.623. The zero-order valence-electron chi connectivity index (χ0n) is 6.62. The Balaban J connectivity index is 2.36. The molecule has 0 spiro atoms. The Kier molecular flexibility index (Phi) is 3.21. The minimum atomic E-state index is -2.68. The van der Waals surface area contributed by atoms with E-state index in [4.69, 9.17) is 0 Å². The van der Waals surface area contributed by atoms with Crippen LogP contribution in [0.15, 0.2) is 0 Å². The molecule has 1 heterocycles. The van der Waals surface area contributed by atoms with Crippen molar-refractivity contribution in [2.75, 3.05) is 36.7 Å². The van der Waals surface area contributed by atoms with E-state index in [1.165, 1.54) is 0 Å². The molecule has 0 aromatic carbocycles. The summed E-state index contributed by atoms with van der Waals surface area (Å²) in [6.45, 7) is 1.42. The maximum absolute atomic E-state index is 11.0. The highest BCUT2D eigenvalue weighted by Crippen LogP contribution is 2.06. The molecule has 0 aromatic rings. The van der Waals surface area contributed by atoms with Crippen LogP contribution in [0.5, 0.6) is 0 Å². The van der Waals surface area contributed by atoms with Crippen LogP contribution in [0.1, 0.15) is 0 Å². The predicted molar refractivity (Wildman–Crippen MR) is 48.6 cm³/mol. The Morgan fingerprint density at radius 1 is 1.36 bits per heavy atom. The molecule has 0 unspecified atom stereocenters. The summed E-state index contributed by atoms with van der Waals surface area (Å²) >= 11 is 1.74. The molecule has 0 aliphatic carbocycles. The average Bonchev–Trinajstić information content (AvgIpc) is 1.94. The second-order valence-electron chi connectivity index (χ2n) is 2.69. The van der Waals surface area contributed by atoms with E-state index in [1.54, 1.807) is 11.8 Å². The van der Waals surface area contributed by atoms with Gasteiger partial charge in [-0.25, -0.2) is 8.42 Å². The molecule has 0 aromatic heterocycles. The van der Waals surface area contributed by atoms with Crippen molar-refractivity contribution < 1.29 is 8.42 Å². The highest BCUT2D eigenvalue weighted by Gasteiger charge is 2.20. The fourth-order valence-electron chi connectivity index (χ4n) is 1.06. The normalized spacial score (nSPS) is 25.2. The molecule has 1 aliphatic heterocycles. The molecule has 0 bridgehead atoms. The second kappa shape index (κ2) is 3.78. The van der Waals surface area contributed by atoms with Gasteiger partial charge in [-0.05, 0) is 6.26 Å². The maximum atomic E-state index is 11.0. The zero-order valence-corrected chi connectivity index (χ0v) is 8.25. The van der Waals surface area contributed by atoms with Crippen molar-refractivity contribution in [3.8, 4) is 0 Å². The topological polar surface area (TPSA) is 37.4 Å². The lowest BCUT2D eigenvalue weighted by Crippen LogP contribution is -2.39. The fraction of sp³-hybridized carbons (Fsp3) is 1.00. The van der Waals surface area contributed by atoms with Crippen LogP contribution in [-0.2, 0) is 9.84 Å². The lowest BCUT2D eigenvalue weighted by atomic mass is 10.6. The molecule has 5 heteroatoms. The van der Waals surface area contributed by atoms with Crippen LogP contribution in [0.2, 0.25) is 0 Å². The van der Waals surface area contributed by atoms with E-state index in [9.17, 15) is 8.42 Å². The zero-order chi connectivity index (χ0) is 8.32. The third-order valence-electron chi connectivity index (χ3n) is 1.75. The molecule has 0 atom stereocenters. The third kappa shape index (κ3) is 3.01. The highest BCUT2D eigenvalue weighted by molar-refractivity contribution is 7.98. The molecular weight excluding hydrogens is 182 g/mol. The summed E-state index contributed by atoms with van der Waals surface area (Å²) in [5.41, 5.74) is 0. The molecule has 0 radical (unpaired) electrons. The summed E-state index contributed by atoms with van der Waals surface area (Å²) in [6.07, 6.45) is 2.03. The number of sulfone groups is 1. The molecule has 66 valence electrons. The van der Waals surface area contributed by atoms with Crippen LogP contribution in [0.25, 0.3) is 0 Å². The van der Waals surface area contributed by atoms with E-state index >= 15 is 0 Å². The average molecular weight is 195 g/mol. The Morgan fingerprint density at radius 2 is 1.91 bits per heavy atom. The first-order chi connectivity index (χ1) is 5.14. The van der Waals surface area contributed by atoms with E-state index in [2.05, 4.69) is 4.90 Å². The molecule has 11 heavy (non-hydrogen) atoms. The van der Waals surface area contributed by atoms with Crippen LogP contribution in [0.4, 0.5) is 0 Å². The monoisotopic (exact) mass is 195 g/mol. The molecule has 0 amide bonds. The van der Waals surface area contributed by atoms with Crippen LogP contribution >= 0.6 is 11.8 Å². The summed E-state index contributed by atoms with van der Waals surface area (Å²) < 4.78 is 21.9. The predicted octanol–water partition coefficient (Wildman–Crippen LogP) is 0.0373. The molecule has 0 N–H and O–H groups in total. The molecule has 0 saturated carbocycles. The first-order valence-corrected chi connectivity index (χ1v) is 6.77. The van der Waals surface area contributed by atoms with Crippen LogP contribution in [0, 0.1) is 0 Å². The standard InChI is InChI=1S/C6H13NO2S2/c1-10-6-7-2-4-11(8,9)5-3-7/h2-6H2,1H3. The van der Waals surface area contributed by atoms with E-state index in [0.29, 0.717) is 24.6 Å². The number of hydrogen-bond donors (Lipinski definition) is 0. The molecular formula is C6H13NO2S2. The van der Waals surface area contributed by atoms with Crippen LogP contribution in [-0.4, -0.2) is 50.0 Å². The van der Waals surface area contributed by atoms with Gasteiger partial charge in [-0.3, -0.25) is 4.90 Å². The van der Waals surface area contributed by atoms with E-state index in [1.807, 2.05) is 6.26 Å². The van der Waals surface area contributed by atoms with Crippen LogP contribution < -0.4 is 0 Å². The maximum Gasteiger partial charge on any atom is 0.152 e. The fourth-order valence-corrected chi connectivity index (χ4v) is 2.96. The lowest BCUT2D eigenvalue weighted by molar-refractivity contribution is 0.347. The molecule has 1 rings (SSSR count). The van der Waals surface area contributed by atoms with Gasteiger partial charge in [0.15, 0.2) is 9.84 Å². The smallest absolute Gasteiger partial charge is 0.152 e. The molecule has 1 fully saturated rings. The summed E-state index contributed by atoms with van der Waals surface area (Å²) in [4.78, 5) is 2.17. The van der Waals surface area contributed by atoms with Crippen molar-refractivity contribution in [3.05, 3.63) is 0 Å². The Hall–Kier alpha value is 0.260. The summed E-state index contributed by atoms with van der Waals surface area (Å²) in [6, 6.07) is 0. The lowest BCUT2D eigenvalue weighted by Gasteiger charge is -2.25. The summed E-state index contributed by atoms with van der Waals surface area (Å²) in [5, 5.41) is 0. The van der Waals surface area contributed by atoms with Crippen molar-refractivity contribution in [2.24, 2.45) is 0 Å². The second-order valence-corrected chi connectivity index (χ2v) is 5.83. The van der Waals surface area contributed by atoms with Gasteiger partial charge in [0.1, 0.15) is 0 Å². The summed E-state index contributed by atoms with van der Waals surface area (Å²) in [5.74, 6) is 1.64. The SMILES string of the molecule is CSCN1CCS(=O)(=O)CC1. The number of thioether (sulfide) groups is 1. The van der Waals surface area contributed by atoms with Crippen molar-refractivity contribution in [1.29, 1.82) is 0 Å². The van der Waals surface area contributed by atoms with Crippen molar-refractivity contribution in [2.45, 2.75) is 0 Å². The van der Waals surface area contributed by atoms with Gasteiger partial charge in [0.05, 0.1) is 11.5 Å². The van der Waals surface area contributed by atoms with E-state index < -0.39 is 9.84 Å². The van der Waals surface area contributed by atoms with Gasteiger partial charge in [-0.1, -0.05) is 0 Å². The van der Waals surface area contributed by atoms with Gasteiger partial charge >= 0.3 is 0 Å². The first-order valence-electron chi connectivity index (χ1n) is 3.56. The Morgan fingerprint density at radius 3 is 2.36 bits per heavy atom. The first kappa shape index (κ1) is 9.35. The van der Waals surface area contributed by atoms with Gasteiger partial charge in [-0.15, -0.1) is 11.8 Å². The Bertz CT molecular complexity index is 199. The van der Waals surface area contributed by atoms with E-state index in [-0.39, 0.29) is 0 Å². The molecule has 1 saturated heterocycles. The Labute approximate surface area is 72.1 Å². The molecule has 3 nitrogen and oxygen atoms in total. The summed E-state index contributed by atoms with van der Waals surface area (Å²) in [7, 11) is -2.68. The van der Waals surface area contributed by atoms with Crippen molar-refractivity contribution in [1.82, 2.24) is 4.90 Å². The largest absolute Gasteiger partial charge is 0.292 e. The van der Waals surface area contributed by atoms with E-state index in [0.717, 1.165) is 5.88 Å². The minimum Gasteiger partial charge on any atom is -0.292 e. The van der Waals surface area contributed by atoms with Gasteiger partial charge in [-0.2, -0.15) is 0 Å². The van der Waals surface area contributed by atoms with Crippen LogP contribution in [0.3, 0.4) is 0 Å². The van der Waals surface area contributed by atoms with Crippen molar-refractivity contribution in [3.63, 3.8) is 0 Å². The minimum absolute atomic E-state index is 0.341. The van der Waals surface area contributed by atoms with Gasteiger partial charge in [0.2, 0.25) is 0 Å². The highest BCUT2D eigenvalue weighted by atomic mass is 32.2. The molecule has 1 aliphatic rings. The number of hydrogen-bond acceptors (Lipinski definition) is 4. The van der Waals surface area contributed by atoms with Gasteiger partial charge in [0, 0.05) is 19.0 Å². The third-order valence-corrected chi connectivity index (χ3v) is 3.98. The number of rotatable bonds is 2. The number of nitrogens with zero attached hydrogens (tertiary/aromatic N) is 1. The van der Waals surface area contributed by atoms with Crippen molar-refractivity contribution >= 4 is 21.6 Å². The van der Waals surface area contributed by atoms with Gasteiger partial charge < -0.3 is 0 Å². The van der Waals surface area contributed by atoms with Gasteiger partial charge in [0.25, 0.3) is 0 Å².